The SMILES string of the molecule is Cc1ccc2c(c1)N(C(=O)Cc1ccc(Cl)cc1)CCO2. The molecule has 2 aromatic carbocycles. The molecule has 1 amide bonds. The second kappa shape index (κ2) is 5.78. The molecule has 0 aromatic heterocycles. The van der Waals surface area contributed by atoms with Gasteiger partial charge in [-0.05, 0) is 42.3 Å². The highest BCUT2D eigenvalue weighted by Gasteiger charge is 2.23. The molecule has 1 aliphatic heterocycles. The van der Waals surface area contributed by atoms with Crippen molar-refractivity contribution < 1.29 is 9.53 Å². The maximum absolute atomic E-state index is 12.6. The standard InChI is InChI=1S/C17H16ClNO2/c1-12-2-7-16-15(10-12)19(8-9-21-16)17(20)11-13-3-5-14(18)6-4-13/h2-7,10H,8-9,11H2,1H3. The molecule has 0 atom stereocenters. The third-order valence-electron chi connectivity index (χ3n) is 3.55. The quantitative estimate of drug-likeness (QED) is 0.848. The fourth-order valence-electron chi connectivity index (χ4n) is 2.46. The predicted octanol–water partition coefficient (Wildman–Crippen LogP) is 3.62. The summed E-state index contributed by atoms with van der Waals surface area (Å²) in [5.41, 5.74) is 2.94. The summed E-state index contributed by atoms with van der Waals surface area (Å²) in [7, 11) is 0. The highest BCUT2D eigenvalue weighted by Crippen LogP contribution is 2.32. The third-order valence-corrected chi connectivity index (χ3v) is 3.80. The van der Waals surface area contributed by atoms with Gasteiger partial charge in [0, 0.05) is 5.02 Å². The van der Waals surface area contributed by atoms with E-state index in [4.69, 9.17) is 16.3 Å². The largest absolute Gasteiger partial charge is 0.490 e. The molecule has 0 fully saturated rings. The molecule has 0 bridgehead atoms. The molecule has 0 saturated heterocycles. The van der Waals surface area contributed by atoms with Gasteiger partial charge in [0.1, 0.15) is 12.4 Å². The van der Waals surface area contributed by atoms with E-state index in [0.29, 0.717) is 24.6 Å². The van der Waals surface area contributed by atoms with Gasteiger partial charge in [0.2, 0.25) is 5.91 Å². The van der Waals surface area contributed by atoms with Crippen molar-refractivity contribution in [3.8, 4) is 5.75 Å². The first-order chi connectivity index (χ1) is 10.1. The van der Waals surface area contributed by atoms with Crippen LogP contribution in [0, 0.1) is 6.92 Å². The number of benzene rings is 2. The third kappa shape index (κ3) is 3.03. The molecule has 21 heavy (non-hydrogen) atoms. The Balaban J connectivity index is 1.83. The number of carbonyl (C=O) groups is 1. The van der Waals surface area contributed by atoms with Gasteiger partial charge in [-0.2, -0.15) is 0 Å². The number of rotatable bonds is 2. The van der Waals surface area contributed by atoms with Crippen LogP contribution in [0.5, 0.6) is 5.75 Å². The van der Waals surface area contributed by atoms with Gasteiger partial charge in [0.05, 0.1) is 18.7 Å². The van der Waals surface area contributed by atoms with Crippen molar-refractivity contribution in [3.05, 3.63) is 58.6 Å². The van der Waals surface area contributed by atoms with Crippen LogP contribution >= 0.6 is 11.6 Å². The zero-order valence-electron chi connectivity index (χ0n) is 11.8. The molecule has 3 nitrogen and oxygen atoms in total. The van der Waals surface area contributed by atoms with Crippen LogP contribution in [0.25, 0.3) is 0 Å². The van der Waals surface area contributed by atoms with Crippen molar-refractivity contribution in [2.75, 3.05) is 18.1 Å². The van der Waals surface area contributed by atoms with E-state index in [9.17, 15) is 4.79 Å². The molecule has 2 aromatic rings. The highest BCUT2D eigenvalue weighted by molar-refractivity contribution is 6.30. The second-order valence-electron chi connectivity index (χ2n) is 5.17. The summed E-state index contributed by atoms with van der Waals surface area (Å²) in [5.74, 6) is 0.851. The topological polar surface area (TPSA) is 29.5 Å². The normalized spacial score (nSPS) is 13.5. The summed E-state index contributed by atoms with van der Waals surface area (Å²) in [6.07, 6.45) is 0.366. The van der Waals surface area contributed by atoms with E-state index in [1.165, 1.54) is 0 Å². The van der Waals surface area contributed by atoms with E-state index in [0.717, 1.165) is 22.6 Å². The maximum atomic E-state index is 12.6. The summed E-state index contributed by atoms with van der Waals surface area (Å²) in [6, 6.07) is 13.3. The van der Waals surface area contributed by atoms with Crippen molar-refractivity contribution in [2.45, 2.75) is 13.3 Å². The molecule has 1 heterocycles. The van der Waals surface area contributed by atoms with Crippen LogP contribution in [0.15, 0.2) is 42.5 Å². The summed E-state index contributed by atoms with van der Waals surface area (Å²) in [6.45, 7) is 3.13. The van der Waals surface area contributed by atoms with Gasteiger partial charge in [0.25, 0.3) is 0 Å². The lowest BCUT2D eigenvalue weighted by Gasteiger charge is -2.30. The Morgan fingerprint density at radius 1 is 1.24 bits per heavy atom. The molecule has 3 rings (SSSR count). The number of carbonyl (C=O) groups excluding carboxylic acids is 1. The zero-order valence-corrected chi connectivity index (χ0v) is 12.6. The summed E-state index contributed by atoms with van der Waals surface area (Å²) < 4.78 is 5.61. The van der Waals surface area contributed by atoms with Crippen LogP contribution in [0.2, 0.25) is 5.02 Å². The Bertz CT molecular complexity index is 667. The molecular weight excluding hydrogens is 286 g/mol. The first-order valence-electron chi connectivity index (χ1n) is 6.92. The number of amides is 1. The number of aryl methyl sites for hydroxylation is 1. The average Bonchev–Trinajstić information content (AvgIpc) is 2.49. The molecule has 108 valence electrons. The van der Waals surface area contributed by atoms with Crippen LogP contribution in [0.1, 0.15) is 11.1 Å². The minimum atomic E-state index is 0.0764. The van der Waals surface area contributed by atoms with E-state index in [-0.39, 0.29) is 5.91 Å². The monoisotopic (exact) mass is 301 g/mol. The van der Waals surface area contributed by atoms with E-state index >= 15 is 0 Å². The smallest absolute Gasteiger partial charge is 0.231 e. The average molecular weight is 302 g/mol. The van der Waals surface area contributed by atoms with Crippen molar-refractivity contribution in [2.24, 2.45) is 0 Å². The van der Waals surface area contributed by atoms with Crippen molar-refractivity contribution in [1.82, 2.24) is 0 Å². The van der Waals surface area contributed by atoms with Crippen LogP contribution < -0.4 is 9.64 Å². The van der Waals surface area contributed by atoms with Gasteiger partial charge < -0.3 is 9.64 Å². The number of hydrogen-bond donors (Lipinski definition) is 0. The maximum Gasteiger partial charge on any atom is 0.231 e. The molecule has 4 heteroatoms. The number of hydrogen-bond acceptors (Lipinski definition) is 2. The first kappa shape index (κ1) is 14.0. The summed E-state index contributed by atoms with van der Waals surface area (Å²) in [5, 5.41) is 0.679. The van der Waals surface area contributed by atoms with Gasteiger partial charge in [-0.25, -0.2) is 0 Å². The van der Waals surface area contributed by atoms with E-state index in [1.807, 2.05) is 49.4 Å². The minimum absolute atomic E-state index is 0.0764. The lowest BCUT2D eigenvalue weighted by molar-refractivity contribution is -0.118. The molecule has 0 N–H and O–H groups in total. The summed E-state index contributed by atoms with van der Waals surface area (Å²) in [4.78, 5) is 14.4. The predicted molar refractivity (Wildman–Crippen MR) is 84.2 cm³/mol. The highest BCUT2D eigenvalue weighted by atomic mass is 35.5. The number of ether oxygens (including phenoxy) is 1. The molecule has 0 radical (unpaired) electrons. The Labute approximate surface area is 129 Å². The van der Waals surface area contributed by atoms with E-state index in [1.54, 1.807) is 4.90 Å². The lowest BCUT2D eigenvalue weighted by Crippen LogP contribution is -2.38. The van der Waals surface area contributed by atoms with Crippen molar-refractivity contribution in [3.63, 3.8) is 0 Å². The molecular formula is C17H16ClNO2. The Morgan fingerprint density at radius 2 is 2.00 bits per heavy atom. The van der Waals surface area contributed by atoms with E-state index in [2.05, 4.69) is 0 Å². The van der Waals surface area contributed by atoms with E-state index < -0.39 is 0 Å². The Morgan fingerprint density at radius 3 is 2.76 bits per heavy atom. The van der Waals surface area contributed by atoms with Crippen LogP contribution in [-0.2, 0) is 11.2 Å². The fraction of sp³-hybridized carbons (Fsp3) is 0.235. The lowest BCUT2D eigenvalue weighted by atomic mass is 10.1. The van der Waals surface area contributed by atoms with Crippen molar-refractivity contribution in [1.29, 1.82) is 0 Å². The zero-order chi connectivity index (χ0) is 14.8. The molecule has 0 saturated carbocycles. The number of nitrogens with zero attached hydrogens (tertiary/aromatic N) is 1. The van der Waals surface area contributed by atoms with Gasteiger partial charge >= 0.3 is 0 Å². The Kier molecular flexibility index (Phi) is 3.84. The molecule has 0 unspecified atom stereocenters. The van der Waals surface area contributed by atoms with Crippen LogP contribution in [0.4, 0.5) is 5.69 Å². The van der Waals surface area contributed by atoms with Crippen LogP contribution in [-0.4, -0.2) is 19.1 Å². The van der Waals surface area contributed by atoms with Gasteiger partial charge in [-0.3, -0.25) is 4.79 Å². The molecule has 1 aliphatic rings. The van der Waals surface area contributed by atoms with Crippen LogP contribution in [0.3, 0.4) is 0 Å². The minimum Gasteiger partial charge on any atom is -0.490 e. The Hall–Kier alpha value is -2.00. The second-order valence-corrected chi connectivity index (χ2v) is 5.60. The van der Waals surface area contributed by atoms with Gasteiger partial charge in [-0.1, -0.05) is 29.8 Å². The van der Waals surface area contributed by atoms with Crippen molar-refractivity contribution >= 4 is 23.2 Å². The molecule has 0 aliphatic carbocycles. The summed E-state index contributed by atoms with van der Waals surface area (Å²) >= 11 is 5.87. The number of fused-ring (bicyclic) bond motifs is 1. The number of halogens is 1. The molecule has 0 spiro atoms. The first-order valence-corrected chi connectivity index (χ1v) is 7.29. The number of anilines is 1. The van der Waals surface area contributed by atoms with Gasteiger partial charge in [0.15, 0.2) is 0 Å². The fourth-order valence-corrected chi connectivity index (χ4v) is 2.59. The van der Waals surface area contributed by atoms with Gasteiger partial charge in [-0.15, -0.1) is 0 Å².